The molecule has 0 aromatic carbocycles. The Morgan fingerprint density at radius 1 is 0.252 bits per heavy atom. The number of methoxy groups -OCH3 is 6. The lowest BCUT2D eigenvalue weighted by molar-refractivity contribution is -0.155. The van der Waals surface area contributed by atoms with E-state index in [2.05, 4.69) is 42.6 Å². The van der Waals surface area contributed by atoms with E-state index in [0.29, 0.717) is 19.3 Å². The lowest BCUT2D eigenvalue weighted by atomic mass is 9.98. The van der Waals surface area contributed by atoms with E-state index in [-0.39, 0.29) is 48.9 Å². The Morgan fingerprint density at radius 3 is 0.398 bits per heavy atom. The molecular weight excluding hydrogens is 1340 g/mol. The number of ketones is 1. The molecule has 0 fully saturated rings. The van der Waals surface area contributed by atoms with Crippen molar-refractivity contribution in [1.82, 2.24) is 0 Å². The summed E-state index contributed by atoms with van der Waals surface area (Å²) in [4.78, 5) is 120. The van der Waals surface area contributed by atoms with Crippen LogP contribution in [0.2, 0.25) is 0 Å². The van der Waals surface area contributed by atoms with E-state index in [0.717, 1.165) is 35.4 Å². The zero-order chi connectivity index (χ0) is 92.5. The average molecular weight is 1530 g/mol. The summed E-state index contributed by atoms with van der Waals surface area (Å²) in [6.07, 6.45) is 1.60. The quantitative estimate of drug-likeness (QED) is 0.0922. The number of rotatable bonds is 9. The standard InChI is InChI=1S/C6H12O2.3C5H8O4.C5H10O2.2C4H8O2.C4H8O.C2H4O2.16C2H6.4CH4O/c1-6(2,3)5(7)8-4;3*1-4(6)9-3-5(7)8-2;1-5(2,3)4(6)7;2*1-3-4(5)6-2;1-3-4(2)5;1-2(3)4;20*1-2/h1-4H3;3*3H2,1-2H3;1-3H3,(H,6,7);2*3H2,1-2H3;3H2,1-2H3;1H3,(H,3,4);16*1-2H3;4*2H,1H3. The van der Waals surface area contributed by atoms with Gasteiger partial charge in [0.15, 0.2) is 19.8 Å². The maximum Gasteiger partial charge on any atom is 0.344 e. The van der Waals surface area contributed by atoms with Crippen molar-refractivity contribution in [3.05, 3.63) is 0 Å². The first-order valence-corrected chi connectivity index (χ1v) is 36.1. The predicted octanol–water partition coefficient (Wildman–Crippen LogP) is 18.6. The summed E-state index contributed by atoms with van der Waals surface area (Å²) in [7, 11) is 11.8. The van der Waals surface area contributed by atoms with E-state index < -0.39 is 53.2 Å². The zero-order valence-electron chi connectivity index (χ0n) is 78.5. The van der Waals surface area contributed by atoms with Crippen molar-refractivity contribution in [1.29, 1.82) is 0 Å². The molecule has 0 bridgehead atoms. The number of Topliss-reactive ketones (excluding diaryl/α,β-unsaturated/α-hetero) is 1. The summed E-state index contributed by atoms with van der Waals surface area (Å²) in [6.45, 7) is 85.2. The monoisotopic (exact) mass is 1530 g/mol. The molecule has 103 heavy (non-hydrogen) atoms. The molecule has 0 aromatic rings. The largest absolute Gasteiger partial charge is 0.481 e. The maximum absolute atomic E-state index is 10.6. The molecule has 6 N–H and O–H groups in total. The molecule has 0 spiro atoms. The fraction of sp³-hybridized carbons (Fsp3) is 0.842. The van der Waals surface area contributed by atoms with Crippen LogP contribution in [0.3, 0.4) is 0 Å². The number of aliphatic hydroxyl groups is 4. The second-order valence-corrected chi connectivity index (χ2v) is 12.8. The van der Waals surface area contributed by atoms with Crippen LogP contribution in [0.25, 0.3) is 0 Å². The topological polar surface area (TPSA) is 409 Å². The van der Waals surface area contributed by atoms with Gasteiger partial charge in [-0.3, -0.25) is 38.4 Å². The Hall–Kier alpha value is -6.32. The Morgan fingerprint density at radius 2 is 0.369 bits per heavy atom. The highest BCUT2D eigenvalue weighted by Crippen LogP contribution is 2.13. The summed E-state index contributed by atoms with van der Waals surface area (Å²) in [5.41, 5.74) is -0.936. The van der Waals surface area contributed by atoms with Crippen molar-refractivity contribution < 1.29 is 131 Å². The molecule has 652 valence electrons. The van der Waals surface area contributed by atoms with Gasteiger partial charge in [-0.25, -0.2) is 14.4 Å². The second kappa shape index (κ2) is 267. The number of esters is 9. The third-order valence-corrected chi connectivity index (χ3v) is 4.83. The molecule has 0 unspecified atom stereocenters. The molecule has 0 aliphatic rings. The van der Waals surface area contributed by atoms with Gasteiger partial charge in [-0.1, -0.05) is 242 Å². The first-order chi connectivity index (χ1) is 48.5. The van der Waals surface area contributed by atoms with Crippen molar-refractivity contribution in [2.45, 2.75) is 338 Å². The van der Waals surface area contributed by atoms with Crippen molar-refractivity contribution >= 4 is 71.4 Å². The van der Waals surface area contributed by atoms with Gasteiger partial charge in [-0.15, -0.1) is 0 Å². The van der Waals surface area contributed by atoms with Gasteiger partial charge in [0.2, 0.25) is 0 Å². The predicted molar refractivity (Wildman–Crippen MR) is 438 cm³/mol. The van der Waals surface area contributed by atoms with E-state index in [4.69, 9.17) is 35.4 Å². The van der Waals surface area contributed by atoms with Gasteiger partial charge in [0.1, 0.15) is 5.78 Å². The van der Waals surface area contributed by atoms with Gasteiger partial charge in [-0.05, 0) is 48.5 Å². The van der Waals surface area contributed by atoms with E-state index in [9.17, 15) is 52.7 Å². The number of aliphatic carboxylic acids is 2. The molecule has 0 saturated heterocycles. The molecule has 0 saturated carbocycles. The minimum Gasteiger partial charge on any atom is -0.481 e. The van der Waals surface area contributed by atoms with E-state index >= 15 is 0 Å². The number of carbonyl (C=O) groups excluding carboxylic acids is 10. The van der Waals surface area contributed by atoms with Crippen LogP contribution in [0.1, 0.15) is 338 Å². The molecule has 0 amide bonds. The molecule has 0 radical (unpaired) electrons. The van der Waals surface area contributed by atoms with Crippen LogP contribution < -0.4 is 0 Å². The first-order valence-electron chi connectivity index (χ1n) is 36.1. The molecular formula is C76H186O27. The third-order valence-electron chi connectivity index (χ3n) is 4.83. The molecule has 27 heteroatoms. The molecule has 27 nitrogen and oxygen atoms in total. The molecule has 0 heterocycles. The minimum atomic E-state index is -0.833. The number of carboxylic acid groups (broad SMARTS) is 2. The van der Waals surface area contributed by atoms with Gasteiger partial charge in [0, 0.05) is 75.4 Å². The van der Waals surface area contributed by atoms with Gasteiger partial charge in [0.05, 0.1) is 53.5 Å². The van der Waals surface area contributed by atoms with Crippen molar-refractivity contribution in [2.24, 2.45) is 10.8 Å². The van der Waals surface area contributed by atoms with Crippen LogP contribution in [-0.4, -0.2) is 193 Å². The third kappa shape index (κ3) is 561. The van der Waals surface area contributed by atoms with E-state index in [1.165, 1.54) is 63.4 Å². The highest BCUT2D eigenvalue weighted by atomic mass is 16.6. The van der Waals surface area contributed by atoms with Gasteiger partial charge in [0.25, 0.3) is 5.97 Å². The first kappa shape index (κ1) is 193. The molecule has 0 aliphatic heterocycles. The Balaban J connectivity index is -0.0000000209. The number of carboxylic acids is 2. The minimum absolute atomic E-state index is 0.157. The smallest absolute Gasteiger partial charge is 0.344 e. The van der Waals surface area contributed by atoms with E-state index in [1.54, 1.807) is 41.5 Å². The van der Waals surface area contributed by atoms with Crippen LogP contribution in [0.15, 0.2) is 0 Å². The fourth-order valence-electron chi connectivity index (χ4n) is 1.25. The normalized spacial score (nSPS) is 6.45. The fourth-order valence-corrected chi connectivity index (χ4v) is 1.25. The lowest BCUT2D eigenvalue weighted by Crippen LogP contribution is -2.21. The highest BCUT2D eigenvalue weighted by Gasteiger charge is 2.21. The Labute approximate surface area is 639 Å². The van der Waals surface area contributed by atoms with Gasteiger partial charge in [-0.2, -0.15) is 0 Å². The number of carbonyl (C=O) groups is 12. The summed E-state index contributed by atoms with van der Waals surface area (Å²) < 4.78 is 38.4. The summed E-state index contributed by atoms with van der Waals surface area (Å²) in [6, 6.07) is 0. The molecule has 0 aromatic heterocycles. The Kier molecular flexibility index (Phi) is 501. The van der Waals surface area contributed by atoms with Crippen molar-refractivity contribution in [3.8, 4) is 0 Å². The van der Waals surface area contributed by atoms with Crippen molar-refractivity contribution in [3.63, 3.8) is 0 Å². The highest BCUT2D eigenvalue weighted by molar-refractivity contribution is 5.77. The van der Waals surface area contributed by atoms with Crippen molar-refractivity contribution in [2.75, 3.05) is 90.9 Å². The van der Waals surface area contributed by atoms with Gasteiger partial charge < -0.3 is 78.1 Å². The average Bonchev–Trinajstić information content (AvgIpc) is 0.953. The lowest BCUT2D eigenvalue weighted by Gasteiger charge is -2.13. The number of aliphatic hydroxyl groups excluding tert-OH is 4. The Bertz CT molecular complexity index is 1230. The summed E-state index contributed by atoms with van der Waals surface area (Å²) in [5, 5.41) is 43.7. The summed E-state index contributed by atoms with van der Waals surface area (Å²) in [5.74, 6) is -4.93. The number of hydrogen-bond donors (Lipinski definition) is 6. The van der Waals surface area contributed by atoms with Crippen LogP contribution >= 0.6 is 0 Å². The molecule has 0 rings (SSSR count). The van der Waals surface area contributed by atoms with E-state index in [1.807, 2.05) is 249 Å². The summed E-state index contributed by atoms with van der Waals surface area (Å²) >= 11 is 0. The molecule has 0 atom stereocenters. The van der Waals surface area contributed by atoms with Crippen LogP contribution in [0, 0.1) is 10.8 Å². The van der Waals surface area contributed by atoms with Crippen LogP contribution in [0.4, 0.5) is 0 Å². The SMILES string of the molecule is CC.CC.CC.CC.CC.CC.CC.CC.CC.CC.CC.CC.CC.CC.CC.CC.CC(=O)O.CC(C)(C)C(=O)O.CCC(=O)OC.CCC(=O)OC.CCC(C)=O.CO.CO.CO.CO.COC(=O)C(C)(C)C.COC(=O)COC(C)=O.COC(=O)COC(C)=O.COC(=O)COC(C)=O. The van der Waals surface area contributed by atoms with Crippen LogP contribution in [-0.2, 0) is 100 Å². The van der Waals surface area contributed by atoms with Crippen LogP contribution in [0.5, 0.6) is 0 Å². The maximum atomic E-state index is 10.6. The number of ether oxygens (including phenoxy) is 9. The van der Waals surface area contributed by atoms with Gasteiger partial charge >= 0.3 is 59.7 Å². The molecule has 0 aliphatic carbocycles. The zero-order valence-corrected chi connectivity index (χ0v) is 78.5. The number of hydrogen-bond acceptors (Lipinski definition) is 25. The second-order valence-electron chi connectivity index (χ2n) is 12.8.